The standard InChI is InChI=1S/C17H16F2N2/c1-12(8-15-16(18)6-3-7-17(15)19)21-11-14-5-2-4-13(9-14)10-20/h2-7,9,12,21H,8,11H2,1H3. The van der Waals surface area contributed by atoms with Gasteiger partial charge in [-0.25, -0.2) is 8.78 Å². The minimum atomic E-state index is -0.518. The second kappa shape index (κ2) is 6.96. The number of hydrogen-bond acceptors (Lipinski definition) is 2. The maximum atomic E-state index is 13.6. The summed E-state index contributed by atoms with van der Waals surface area (Å²) in [4.78, 5) is 0. The topological polar surface area (TPSA) is 35.8 Å². The van der Waals surface area contributed by atoms with Crippen molar-refractivity contribution < 1.29 is 8.78 Å². The SMILES string of the molecule is CC(Cc1c(F)cccc1F)NCc1cccc(C#N)c1. The van der Waals surface area contributed by atoms with Crippen LogP contribution in [0.1, 0.15) is 23.6 Å². The summed E-state index contributed by atoms with van der Waals surface area (Å²) in [7, 11) is 0. The lowest BCUT2D eigenvalue weighted by atomic mass is 10.1. The molecule has 1 N–H and O–H groups in total. The van der Waals surface area contributed by atoms with E-state index < -0.39 is 11.6 Å². The molecule has 2 nitrogen and oxygen atoms in total. The van der Waals surface area contributed by atoms with Crippen molar-refractivity contribution in [2.45, 2.75) is 25.9 Å². The molecule has 0 aliphatic heterocycles. The largest absolute Gasteiger partial charge is 0.310 e. The van der Waals surface area contributed by atoms with E-state index >= 15 is 0 Å². The highest BCUT2D eigenvalue weighted by molar-refractivity contribution is 5.32. The van der Waals surface area contributed by atoms with Gasteiger partial charge in [-0.1, -0.05) is 18.2 Å². The molecule has 0 amide bonds. The second-order valence-corrected chi connectivity index (χ2v) is 5.00. The highest BCUT2D eigenvalue weighted by atomic mass is 19.1. The Morgan fingerprint density at radius 2 is 1.81 bits per heavy atom. The highest BCUT2D eigenvalue weighted by Gasteiger charge is 2.12. The molecule has 0 saturated heterocycles. The van der Waals surface area contributed by atoms with Gasteiger partial charge in [-0.15, -0.1) is 0 Å². The van der Waals surface area contributed by atoms with Crippen LogP contribution in [0.4, 0.5) is 8.78 Å². The van der Waals surface area contributed by atoms with Gasteiger partial charge in [0.15, 0.2) is 0 Å². The molecule has 0 spiro atoms. The molecule has 0 heterocycles. The van der Waals surface area contributed by atoms with E-state index in [-0.39, 0.29) is 18.0 Å². The first-order chi connectivity index (χ1) is 10.1. The first-order valence-corrected chi connectivity index (χ1v) is 6.75. The number of nitriles is 1. The molecule has 0 fully saturated rings. The van der Waals surface area contributed by atoms with Crippen LogP contribution in [-0.4, -0.2) is 6.04 Å². The number of nitrogens with one attached hydrogen (secondary N) is 1. The van der Waals surface area contributed by atoms with E-state index in [2.05, 4.69) is 11.4 Å². The predicted molar refractivity (Wildman–Crippen MR) is 77.5 cm³/mol. The molecule has 108 valence electrons. The van der Waals surface area contributed by atoms with Gasteiger partial charge in [-0.2, -0.15) is 5.26 Å². The Bertz CT molecular complexity index is 642. The number of rotatable bonds is 5. The van der Waals surface area contributed by atoms with E-state index in [0.717, 1.165) is 5.56 Å². The van der Waals surface area contributed by atoms with Crippen LogP contribution in [-0.2, 0) is 13.0 Å². The quantitative estimate of drug-likeness (QED) is 0.912. The first-order valence-electron chi connectivity index (χ1n) is 6.75. The van der Waals surface area contributed by atoms with Crippen LogP contribution in [0.15, 0.2) is 42.5 Å². The third-order valence-electron chi connectivity index (χ3n) is 3.28. The Morgan fingerprint density at radius 3 is 2.48 bits per heavy atom. The van der Waals surface area contributed by atoms with Crippen molar-refractivity contribution in [3.8, 4) is 6.07 Å². The Balaban J connectivity index is 1.96. The maximum absolute atomic E-state index is 13.6. The maximum Gasteiger partial charge on any atom is 0.129 e. The van der Waals surface area contributed by atoms with E-state index in [1.807, 2.05) is 19.1 Å². The molecule has 0 aromatic heterocycles. The van der Waals surface area contributed by atoms with Gasteiger partial charge in [0.1, 0.15) is 11.6 Å². The van der Waals surface area contributed by atoms with Crippen LogP contribution in [0.5, 0.6) is 0 Å². The lowest BCUT2D eigenvalue weighted by Crippen LogP contribution is -2.28. The molecule has 0 bridgehead atoms. The molecule has 21 heavy (non-hydrogen) atoms. The van der Waals surface area contributed by atoms with Gasteiger partial charge < -0.3 is 5.32 Å². The van der Waals surface area contributed by atoms with Crippen molar-refractivity contribution in [2.75, 3.05) is 0 Å². The summed E-state index contributed by atoms with van der Waals surface area (Å²) in [6.45, 7) is 2.42. The van der Waals surface area contributed by atoms with Gasteiger partial charge >= 0.3 is 0 Å². The number of halogens is 2. The third kappa shape index (κ3) is 4.11. The van der Waals surface area contributed by atoms with Crippen LogP contribution in [0.3, 0.4) is 0 Å². The smallest absolute Gasteiger partial charge is 0.129 e. The summed E-state index contributed by atoms with van der Waals surface area (Å²) < 4.78 is 27.1. The fourth-order valence-electron chi connectivity index (χ4n) is 2.15. The monoisotopic (exact) mass is 286 g/mol. The summed E-state index contributed by atoms with van der Waals surface area (Å²) in [5.74, 6) is -1.04. The van der Waals surface area contributed by atoms with Crippen LogP contribution < -0.4 is 5.32 Å². The number of hydrogen-bond donors (Lipinski definition) is 1. The molecule has 0 aliphatic carbocycles. The molecule has 0 aliphatic rings. The van der Waals surface area contributed by atoms with Crippen molar-refractivity contribution in [1.82, 2.24) is 5.32 Å². The molecular formula is C17H16F2N2. The minimum absolute atomic E-state index is 0.0814. The van der Waals surface area contributed by atoms with Crippen molar-refractivity contribution in [1.29, 1.82) is 5.26 Å². The van der Waals surface area contributed by atoms with E-state index in [4.69, 9.17) is 5.26 Å². The lowest BCUT2D eigenvalue weighted by Gasteiger charge is -2.15. The molecule has 1 unspecified atom stereocenters. The van der Waals surface area contributed by atoms with Gasteiger partial charge in [0, 0.05) is 18.2 Å². The van der Waals surface area contributed by atoms with Crippen LogP contribution in [0.25, 0.3) is 0 Å². The van der Waals surface area contributed by atoms with Gasteiger partial charge in [0.25, 0.3) is 0 Å². The fraction of sp³-hybridized carbons (Fsp3) is 0.235. The van der Waals surface area contributed by atoms with Crippen LogP contribution in [0, 0.1) is 23.0 Å². The zero-order chi connectivity index (χ0) is 15.2. The molecule has 2 rings (SSSR count). The van der Waals surface area contributed by atoms with Crippen molar-refractivity contribution in [3.63, 3.8) is 0 Å². The molecule has 2 aromatic rings. The van der Waals surface area contributed by atoms with Crippen molar-refractivity contribution in [2.24, 2.45) is 0 Å². The molecule has 2 aromatic carbocycles. The number of benzene rings is 2. The summed E-state index contributed by atoms with van der Waals surface area (Å²) >= 11 is 0. The zero-order valence-corrected chi connectivity index (χ0v) is 11.7. The summed E-state index contributed by atoms with van der Waals surface area (Å²) in [6, 6.07) is 13.1. The van der Waals surface area contributed by atoms with Gasteiger partial charge in [-0.05, 0) is 43.2 Å². The van der Waals surface area contributed by atoms with Crippen molar-refractivity contribution >= 4 is 0 Å². The Labute approximate surface area is 123 Å². The fourth-order valence-corrected chi connectivity index (χ4v) is 2.15. The summed E-state index contributed by atoms with van der Waals surface area (Å²) in [6.07, 6.45) is 0.274. The van der Waals surface area contributed by atoms with Gasteiger partial charge in [0.05, 0.1) is 11.6 Å². The predicted octanol–water partition coefficient (Wildman–Crippen LogP) is 3.56. The van der Waals surface area contributed by atoms with Crippen LogP contribution in [0.2, 0.25) is 0 Å². The Hall–Kier alpha value is -2.25. The Morgan fingerprint density at radius 1 is 1.14 bits per heavy atom. The lowest BCUT2D eigenvalue weighted by molar-refractivity contribution is 0.499. The highest BCUT2D eigenvalue weighted by Crippen LogP contribution is 2.14. The summed E-state index contributed by atoms with van der Waals surface area (Å²) in [5, 5.41) is 12.1. The molecule has 4 heteroatoms. The zero-order valence-electron chi connectivity index (χ0n) is 11.7. The average Bonchev–Trinajstić information content (AvgIpc) is 2.49. The molecule has 1 atom stereocenters. The van der Waals surface area contributed by atoms with E-state index in [9.17, 15) is 8.78 Å². The molecular weight excluding hydrogens is 270 g/mol. The normalized spacial score (nSPS) is 11.9. The number of nitrogens with zero attached hydrogens (tertiary/aromatic N) is 1. The van der Waals surface area contributed by atoms with Crippen molar-refractivity contribution in [3.05, 3.63) is 70.8 Å². The minimum Gasteiger partial charge on any atom is -0.310 e. The van der Waals surface area contributed by atoms with Gasteiger partial charge in [0.2, 0.25) is 0 Å². The summed E-state index contributed by atoms with van der Waals surface area (Å²) in [5.41, 5.74) is 1.67. The second-order valence-electron chi connectivity index (χ2n) is 5.00. The molecule has 0 saturated carbocycles. The first kappa shape index (κ1) is 15.1. The molecule has 0 radical (unpaired) electrons. The van der Waals surface area contributed by atoms with E-state index in [1.165, 1.54) is 18.2 Å². The van der Waals surface area contributed by atoms with E-state index in [1.54, 1.807) is 12.1 Å². The van der Waals surface area contributed by atoms with Gasteiger partial charge in [-0.3, -0.25) is 0 Å². The van der Waals surface area contributed by atoms with Crippen LogP contribution >= 0.6 is 0 Å². The average molecular weight is 286 g/mol. The van der Waals surface area contributed by atoms with E-state index in [0.29, 0.717) is 12.1 Å². The third-order valence-corrected chi connectivity index (χ3v) is 3.28. The Kier molecular flexibility index (Phi) is 5.02.